The highest BCUT2D eigenvalue weighted by molar-refractivity contribution is 7.98. The molecule has 0 aliphatic heterocycles. The molecule has 1 heterocycles. The number of benzene rings is 2. The van der Waals surface area contributed by atoms with Crippen LogP contribution in [0, 0.1) is 0 Å². The third-order valence-electron chi connectivity index (χ3n) is 4.34. The molecule has 1 aromatic heterocycles. The highest BCUT2D eigenvalue weighted by Gasteiger charge is 2.26. The Morgan fingerprint density at radius 1 is 0.962 bits per heavy atom. The van der Waals surface area contributed by atoms with Crippen LogP contribution in [0.2, 0.25) is 0 Å². The molecule has 0 bridgehead atoms. The first-order valence-electron chi connectivity index (χ1n) is 8.40. The number of thioether (sulfide) groups is 1. The molecule has 5 heteroatoms. The van der Waals surface area contributed by atoms with E-state index in [-0.39, 0.29) is 11.7 Å². The SMILES string of the molecule is O=C(NCCSCc1cccs1)c1ccc2c(c1)C(=O)c1ccccc1-2. The number of carbonyl (C=O) groups excluding carboxylic acids is 2. The van der Waals surface area contributed by atoms with E-state index in [4.69, 9.17) is 0 Å². The van der Waals surface area contributed by atoms with E-state index in [2.05, 4.69) is 22.8 Å². The number of hydrogen-bond donors (Lipinski definition) is 1. The smallest absolute Gasteiger partial charge is 0.251 e. The summed E-state index contributed by atoms with van der Waals surface area (Å²) in [4.78, 5) is 26.3. The van der Waals surface area contributed by atoms with Gasteiger partial charge in [-0.1, -0.05) is 36.4 Å². The maximum Gasteiger partial charge on any atom is 0.251 e. The average Bonchev–Trinajstić information content (AvgIpc) is 3.29. The second-order valence-electron chi connectivity index (χ2n) is 6.02. The topological polar surface area (TPSA) is 46.2 Å². The fourth-order valence-corrected chi connectivity index (χ4v) is 4.77. The molecule has 1 aliphatic rings. The highest BCUT2D eigenvalue weighted by atomic mass is 32.2. The predicted octanol–water partition coefficient (Wildman–Crippen LogP) is 4.62. The molecular weight excluding hydrogens is 362 g/mol. The lowest BCUT2D eigenvalue weighted by Crippen LogP contribution is -2.25. The van der Waals surface area contributed by atoms with E-state index in [9.17, 15) is 9.59 Å². The van der Waals surface area contributed by atoms with Crippen LogP contribution < -0.4 is 5.32 Å². The largest absolute Gasteiger partial charge is 0.351 e. The minimum Gasteiger partial charge on any atom is -0.351 e. The number of ketones is 1. The van der Waals surface area contributed by atoms with Crippen molar-refractivity contribution in [3.05, 3.63) is 81.5 Å². The van der Waals surface area contributed by atoms with E-state index in [1.54, 1.807) is 35.2 Å². The fourth-order valence-electron chi connectivity index (χ4n) is 3.08. The molecule has 0 saturated heterocycles. The van der Waals surface area contributed by atoms with Gasteiger partial charge in [-0.15, -0.1) is 11.3 Å². The van der Waals surface area contributed by atoms with Gasteiger partial charge in [-0.25, -0.2) is 0 Å². The Morgan fingerprint density at radius 3 is 2.58 bits per heavy atom. The van der Waals surface area contributed by atoms with E-state index in [0.29, 0.717) is 23.2 Å². The van der Waals surface area contributed by atoms with Gasteiger partial charge in [-0.2, -0.15) is 11.8 Å². The molecule has 4 rings (SSSR count). The van der Waals surface area contributed by atoms with Crippen LogP contribution >= 0.6 is 23.1 Å². The first kappa shape index (κ1) is 17.1. The normalized spacial score (nSPS) is 11.9. The van der Waals surface area contributed by atoms with Crippen LogP contribution in [0.25, 0.3) is 11.1 Å². The summed E-state index contributed by atoms with van der Waals surface area (Å²) in [5, 5.41) is 5.01. The average molecular weight is 380 g/mol. The minimum absolute atomic E-state index is 0.00301. The van der Waals surface area contributed by atoms with Crippen molar-refractivity contribution in [2.75, 3.05) is 12.3 Å². The Kier molecular flexibility index (Phi) is 4.91. The van der Waals surface area contributed by atoms with Crippen LogP contribution in [0.4, 0.5) is 0 Å². The number of hydrogen-bond acceptors (Lipinski definition) is 4. The quantitative estimate of drug-likeness (QED) is 0.497. The van der Waals surface area contributed by atoms with E-state index < -0.39 is 0 Å². The van der Waals surface area contributed by atoms with Crippen LogP contribution in [-0.2, 0) is 5.75 Å². The van der Waals surface area contributed by atoms with Crippen molar-refractivity contribution in [1.82, 2.24) is 5.32 Å². The van der Waals surface area contributed by atoms with Gasteiger partial charge >= 0.3 is 0 Å². The molecule has 26 heavy (non-hydrogen) atoms. The molecule has 0 atom stereocenters. The van der Waals surface area contributed by atoms with Crippen molar-refractivity contribution >= 4 is 34.8 Å². The maximum absolute atomic E-state index is 12.5. The Labute approximate surface area is 160 Å². The summed E-state index contributed by atoms with van der Waals surface area (Å²) >= 11 is 3.55. The molecule has 0 saturated carbocycles. The van der Waals surface area contributed by atoms with Crippen LogP contribution in [0.5, 0.6) is 0 Å². The zero-order valence-electron chi connectivity index (χ0n) is 14.0. The Morgan fingerprint density at radius 2 is 1.77 bits per heavy atom. The van der Waals surface area contributed by atoms with Crippen LogP contribution in [-0.4, -0.2) is 24.0 Å². The standard InChI is InChI=1S/C21H17NO2S2/c23-20-18-6-2-1-5-16(18)17-8-7-14(12-19(17)20)21(24)22-9-11-25-13-15-4-3-10-26-15/h1-8,10,12H,9,11,13H2,(H,22,24). The lowest BCUT2D eigenvalue weighted by Gasteiger charge is -2.07. The first-order valence-corrected chi connectivity index (χ1v) is 10.4. The summed E-state index contributed by atoms with van der Waals surface area (Å²) in [5.41, 5.74) is 3.72. The van der Waals surface area contributed by atoms with Gasteiger partial charge in [0, 0.05) is 39.6 Å². The molecule has 0 unspecified atom stereocenters. The van der Waals surface area contributed by atoms with Gasteiger partial charge in [-0.05, 0) is 34.7 Å². The molecule has 1 N–H and O–H groups in total. The van der Waals surface area contributed by atoms with Gasteiger partial charge in [0.15, 0.2) is 5.78 Å². The van der Waals surface area contributed by atoms with E-state index in [1.165, 1.54) is 4.88 Å². The lowest BCUT2D eigenvalue weighted by molar-refractivity contribution is 0.0956. The molecule has 1 aliphatic carbocycles. The fraction of sp³-hybridized carbons (Fsp3) is 0.143. The number of nitrogens with one attached hydrogen (secondary N) is 1. The van der Waals surface area contributed by atoms with E-state index >= 15 is 0 Å². The lowest BCUT2D eigenvalue weighted by atomic mass is 10.0. The van der Waals surface area contributed by atoms with Crippen LogP contribution in [0.1, 0.15) is 31.2 Å². The van der Waals surface area contributed by atoms with E-state index in [1.807, 2.05) is 30.3 Å². The predicted molar refractivity (Wildman–Crippen MR) is 108 cm³/mol. The molecule has 0 spiro atoms. The zero-order chi connectivity index (χ0) is 17.9. The van der Waals surface area contributed by atoms with Crippen molar-refractivity contribution in [2.24, 2.45) is 0 Å². The van der Waals surface area contributed by atoms with Crippen molar-refractivity contribution in [3.63, 3.8) is 0 Å². The zero-order valence-corrected chi connectivity index (χ0v) is 15.7. The van der Waals surface area contributed by atoms with Gasteiger partial charge in [0.2, 0.25) is 0 Å². The molecule has 0 radical (unpaired) electrons. The second-order valence-corrected chi connectivity index (χ2v) is 8.16. The third-order valence-corrected chi connectivity index (χ3v) is 6.41. The van der Waals surface area contributed by atoms with Crippen molar-refractivity contribution in [1.29, 1.82) is 0 Å². The van der Waals surface area contributed by atoms with E-state index in [0.717, 1.165) is 22.6 Å². The Balaban J connectivity index is 1.37. The molecule has 1 amide bonds. The van der Waals surface area contributed by atoms with Gasteiger partial charge < -0.3 is 5.32 Å². The summed E-state index contributed by atoms with van der Waals surface area (Å²) in [5.74, 6) is 1.70. The van der Waals surface area contributed by atoms with Crippen molar-refractivity contribution in [2.45, 2.75) is 5.75 Å². The highest BCUT2D eigenvalue weighted by Crippen LogP contribution is 2.36. The number of thiophene rings is 1. The Hall–Kier alpha value is -2.37. The molecule has 0 fully saturated rings. The van der Waals surface area contributed by atoms with Crippen molar-refractivity contribution < 1.29 is 9.59 Å². The van der Waals surface area contributed by atoms with Gasteiger partial charge in [0.1, 0.15) is 0 Å². The summed E-state index contributed by atoms with van der Waals surface area (Å²) in [6.45, 7) is 0.611. The molecule has 3 aromatic rings. The second kappa shape index (κ2) is 7.48. The first-order chi connectivity index (χ1) is 12.7. The number of amides is 1. The molecule has 3 nitrogen and oxygen atoms in total. The third kappa shape index (κ3) is 3.32. The summed E-state index contributed by atoms with van der Waals surface area (Å²) in [6.07, 6.45) is 0. The number of rotatable bonds is 6. The Bertz CT molecular complexity index is 964. The summed E-state index contributed by atoms with van der Waals surface area (Å²) in [7, 11) is 0. The van der Waals surface area contributed by atoms with Gasteiger partial charge in [-0.3, -0.25) is 9.59 Å². The summed E-state index contributed by atoms with van der Waals surface area (Å²) < 4.78 is 0. The van der Waals surface area contributed by atoms with Crippen LogP contribution in [0.15, 0.2) is 60.0 Å². The van der Waals surface area contributed by atoms with Gasteiger partial charge in [0.25, 0.3) is 5.91 Å². The monoisotopic (exact) mass is 379 g/mol. The maximum atomic E-state index is 12.5. The minimum atomic E-state index is -0.131. The van der Waals surface area contributed by atoms with Gasteiger partial charge in [0.05, 0.1) is 0 Å². The van der Waals surface area contributed by atoms with Crippen molar-refractivity contribution in [3.8, 4) is 11.1 Å². The molecule has 2 aromatic carbocycles. The van der Waals surface area contributed by atoms with Crippen LogP contribution in [0.3, 0.4) is 0 Å². The summed E-state index contributed by atoms with van der Waals surface area (Å²) in [6, 6.07) is 17.1. The number of carbonyl (C=O) groups is 2. The molecule has 130 valence electrons. The number of fused-ring (bicyclic) bond motifs is 3. The molecular formula is C21H17NO2S2.